The average Bonchev–Trinajstić information content (AvgIpc) is 2.98. The highest BCUT2D eigenvalue weighted by Crippen LogP contribution is 2.37. The lowest BCUT2D eigenvalue weighted by Gasteiger charge is -2.24. The van der Waals surface area contributed by atoms with Crippen LogP contribution in [0.25, 0.3) is 0 Å². The van der Waals surface area contributed by atoms with Crippen molar-refractivity contribution in [3.8, 4) is 0 Å². The Morgan fingerprint density at radius 3 is 2.41 bits per heavy atom. The van der Waals surface area contributed by atoms with E-state index in [4.69, 9.17) is 16.4 Å². The van der Waals surface area contributed by atoms with Gasteiger partial charge in [-0.2, -0.15) is 0 Å². The van der Waals surface area contributed by atoms with Crippen molar-refractivity contribution in [1.82, 2.24) is 5.06 Å². The van der Waals surface area contributed by atoms with Gasteiger partial charge in [0.15, 0.2) is 0 Å². The second-order valence-electron chi connectivity index (χ2n) is 7.28. The van der Waals surface area contributed by atoms with Crippen molar-refractivity contribution in [2.24, 2.45) is 0 Å². The highest BCUT2D eigenvalue weighted by molar-refractivity contribution is 6.35. The first-order valence-corrected chi connectivity index (χ1v) is 10.2. The molecule has 0 bridgehead atoms. The minimum absolute atomic E-state index is 0.235. The summed E-state index contributed by atoms with van der Waals surface area (Å²) >= 11 is 6.34. The third-order valence-electron chi connectivity index (χ3n) is 5.39. The van der Waals surface area contributed by atoms with Gasteiger partial charge in [0, 0.05) is 18.2 Å². The summed E-state index contributed by atoms with van der Waals surface area (Å²) in [7, 11) is 2.97. The van der Waals surface area contributed by atoms with Crippen molar-refractivity contribution in [3.05, 3.63) is 34.4 Å². The molecule has 8 heteroatoms. The van der Waals surface area contributed by atoms with Crippen LogP contribution in [0.4, 0.5) is 11.4 Å². The van der Waals surface area contributed by atoms with Crippen LogP contribution in [0.3, 0.4) is 0 Å². The van der Waals surface area contributed by atoms with Gasteiger partial charge < -0.3 is 5.32 Å². The Balaban J connectivity index is 1.87. The maximum Gasteiger partial charge on any atom is 0.268 e. The van der Waals surface area contributed by atoms with Crippen LogP contribution >= 0.6 is 11.6 Å². The summed E-state index contributed by atoms with van der Waals surface area (Å²) in [6.07, 6.45) is 4.49. The minimum atomic E-state index is -0.547. The molecule has 3 amide bonds. The lowest BCUT2D eigenvalue weighted by Crippen LogP contribution is -2.40. The van der Waals surface area contributed by atoms with E-state index in [-0.39, 0.29) is 17.7 Å². The van der Waals surface area contributed by atoms with Crippen molar-refractivity contribution in [3.63, 3.8) is 0 Å². The molecule has 0 fully saturated rings. The predicted molar refractivity (Wildman–Crippen MR) is 112 cm³/mol. The second-order valence-corrected chi connectivity index (χ2v) is 7.69. The predicted octanol–water partition coefficient (Wildman–Crippen LogP) is 3.68. The van der Waals surface area contributed by atoms with Gasteiger partial charge in [0.05, 0.1) is 23.5 Å². The number of carbonyl (C=O) groups excluding carboxylic acids is 3. The molecule has 2 aliphatic rings. The maximum atomic E-state index is 12.8. The number of amides is 3. The van der Waals surface area contributed by atoms with E-state index in [0.717, 1.165) is 24.3 Å². The average molecular weight is 420 g/mol. The molecule has 1 heterocycles. The number of benzene rings is 1. The number of anilines is 2. The number of hydrogen-bond acceptors (Lipinski definition) is 5. The van der Waals surface area contributed by atoms with Gasteiger partial charge in [-0.1, -0.05) is 24.9 Å². The van der Waals surface area contributed by atoms with Crippen LogP contribution in [0.15, 0.2) is 29.3 Å². The van der Waals surface area contributed by atoms with Crippen LogP contribution < -0.4 is 10.2 Å². The Morgan fingerprint density at radius 2 is 1.86 bits per heavy atom. The topological polar surface area (TPSA) is 79.0 Å². The molecular formula is C21H26ClN3O4. The van der Waals surface area contributed by atoms with Gasteiger partial charge in [0.1, 0.15) is 6.04 Å². The van der Waals surface area contributed by atoms with Gasteiger partial charge in [0.25, 0.3) is 17.7 Å². The third kappa shape index (κ3) is 4.16. The summed E-state index contributed by atoms with van der Waals surface area (Å²) in [4.78, 5) is 44.4. The largest absolute Gasteiger partial charge is 0.372 e. The van der Waals surface area contributed by atoms with Gasteiger partial charge in [-0.25, -0.2) is 9.96 Å². The Labute approximate surface area is 175 Å². The normalized spacial score (nSPS) is 17.4. The molecule has 0 spiro atoms. The van der Waals surface area contributed by atoms with Gasteiger partial charge in [-0.15, -0.1) is 0 Å². The molecule has 0 saturated heterocycles. The SMILES string of the molecule is CCCC(Nc1cc(N2C(=O)C3=C(CCCC3)C2=O)ccc1Cl)C(=O)N(C)OC. The summed E-state index contributed by atoms with van der Waals surface area (Å²) in [6, 6.07) is 4.39. The minimum Gasteiger partial charge on any atom is -0.372 e. The lowest BCUT2D eigenvalue weighted by atomic mass is 9.93. The van der Waals surface area contributed by atoms with Crippen LogP contribution in [-0.4, -0.2) is 43.0 Å². The molecular weight excluding hydrogens is 394 g/mol. The number of rotatable bonds is 7. The van der Waals surface area contributed by atoms with E-state index in [1.54, 1.807) is 25.2 Å². The molecule has 1 atom stereocenters. The zero-order valence-corrected chi connectivity index (χ0v) is 17.7. The van der Waals surface area contributed by atoms with Gasteiger partial charge in [-0.3, -0.25) is 19.2 Å². The fourth-order valence-electron chi connectivity index (χ4n) is 3.78. The van der Waals surface area contributed by atoms with E-state index in [9.17, 15) is 14.4 Å². The third-order valence-corrected chi connectivity index (χ3v) is 5.72. The fraction of sp³-hybridized carbons (Fsp3) is 0.476. The molecule has 7 nitrogen and oxygen atoms in total. The van der Waals surface area contributed by atoms with Crippen molar-refractivity contribution in [2.45, 2.75) is 51.5 Å². The number of carbonyl (C=O) groups is 3. The maximum absolute atomic E-state index is 12.8. The van der Waals surface area contributed by atoms with E-state index in [1.165, 1.54) is 12.0 Å². The Morgan fingerprint density at radius 1 is 1.24 bits per heavy atom. The number of likely N-dealkylation sites (N-methyl/N-ethyl adjacent to an activating group) is 1. The molecule has 1 N–H and O–H groups in total. The standard InChI is InChI=1S/C21H26ClN3O4/c1-4-7-17(21(28)24(2)29-3)23-18-12-13(10-11-16(18)22)25-19(26)14-8-5-6-9-15(14)20(25)27/h10-12,17,23H,4-9H2,1-3H3. The Hall–Kier alpha value is -2.38. The van der Waals surface area contributed by atoms with Crippen LogP contribution in [0.5, 0.6) is 0 Å². The zero-order chi connectivity index (χ0) is 21.1. The number of nitrogens with one attached hydrogen (secondary N) is 1. The van der Waals surface area contributed by atoms with Crippen molar-refractivity contribution < 1.29 is 19.2 Å². The smallest absolute Gasteiger partial charge is 0.268 e. The molecule has 1 aromatic carbocycles. The van der Waals surface area contributed by atoms with Crippen LogP contribution in [-0.2, 0) is 19.2 Å². The van der Waals surface area contributed by atoms with Crippen molar-refractivity contribution in [2.75, 3.05) is 24.4 Å². The first kappa shape index (κ1) is 21.3. The van der Waals surface area contributed by atoms with E-state index in [1.807, 2.05) is 6.92 Å². The van der Waals surface area contributed by atoms with Gasteiger partial charge >= 0.3 is 0 Å². The molecule has 0 saturated carbocycles. The molecule has 1 aliphatic carbocycles. The van der Waals surface area contributed by atoms with Crippen molar-refractivity contribution in [1.29, 1.82) is 0 Å². The van der Waals surface area contributed by atoms with Crippen molar-refractivity contribution >= 4 is 40.7 Å². The van der Waals surface area contributed by atoms with Crippen LogP contribution in [0.1, 0.15) is 45.4 Å². The number of halogens is 1. The number of hydrogen-bond donors (Lipinski definition) is 1. The fourth-order valence-corrected chi connectivity index (χ4v) is 3.95. The highest BCUT2D eigenvalue weighted by atomic mass is 35.5. The monoisotopic (exact) mass is 419 g/mol. The Bertz CT molecular complexity index is 839. The summed E-state index contributed by atoms with van der Waals surface area (Å²) in [6.45, 7) is 1.98. The molecule has 3 rings (SSSR count). The first-order valence-electron chi connectivity index (χ1n) is 9.87. The second kappa shape index (κ2) is 8.97. The van der Waals surface area contributed by atoms with E-state index in [2.05, 4.69) is 5.32 Å². The number of imide groups is 1. The van der Waals surface area contributed by atoms with Gasteiger partial charge in [-0.05, 0) is 50.3 Å². The van der Waals surface area contributed by atoms with E-state index in [0.29, 0.717) is 46.8 Å². The molecule has 1 aliphatic heterocycles. The summed E-state index contributed by atoms with van der Waals surface area (Å²) in [5.74, 6) is -0.738. The Kier molecular flexibility index (Phi) is 6.59. The van der Waals surface area contributed by atoms with E-state index < -0.39 is 6.04 Å². The molecule has 0 aromatic heterocycles. The highest BCUT2D eigenvalue weighted by Gasteiger charge is 2.39. The molecule has 156 valence electrons. The quantitative estimate of drug-likeness (QED) is 0.538. The van der Waals surface area contributed by atoms with Gasteiger partial charge in [0.2, 0.25) is 0 Å². The number of nitrogens with zero attached hydrogens (tertiary/aromatic N) is 2. The summed E-state index contributed by atoms with van der Waals surface area (Å²) in [5.41, 5.74) is 2.20. The van der Waals surface area contributed by atoms with Crippen LogP contribution in [0, 0.1) is 0 Å². The summed E-state index contributed by atoms with van der Waals surface area (Å²) in [5, 5.41) is 4.72. The summed E-state index contributed by atoms with van der Waals surface area (Å²) < 4.78 is 0. The number of hydroxylamine groups is 2. The molecule has 1 aromatic rings. The lowest BCUT2D eigenvalue weighted by molar-refractivity contribution is -0.169. The molecule has 29 heavy (non-hydrogen) atoms. The first-order chi connectivity index (χ1) is 13.9. The van der Waals surface area contributed by atoms with Crippen LogP contribution in [0.2, 0.25) is 5.02 Å². The zero-order valence-electron chi connectivity index (χ0n) is 17.0. The van der Waals surface area contributed by atoms with E-state index >= 15 is 0 Å². The molecule has 0 radical (unpaired) electrons. The molecule has 1 unspecified atom stereocenters.